The van der Waals surface area contributed by atoms with Gasteiger partial charge in [0.1, 0.15) is 0 Å². The fourth-order valence-corrected chi connectivity index (χ4v) is 1.82. The van der Waals surface area contributed by atoms with Crippen molar-refractivity contribution in [2.45, 2.75) is 19.4 Å². The van der Waals surface area contributed by atoms with Crippen LogP contribution in [-0.2, 0) is 6.54 Å². The van der Waals surface area contributed by atoms with Gasteiger partial charge < -0.3 is 10.0 Å². The Labute approximate surface area is 88.9 Å². The van der Waals surface area contributed by atoms with Crippen molar-refractivity contribution in [3.63, 3.8) is 0 Å². The molecule has 1 aromatic rings. The van der Waals surface area contributed by atoms with Gasteiger partial charge in [0.05, 0.1) is 5.69 Å². The third-order valence-electron chi connectivity index (χ3n) is 2.61. The van der Waals surface area contributed by atoms with Gasteiger partial charge in [-0.05, 0) is 32.0 Å². The third kappa shape index (κ3) is 2.74. The van der Waals surface area contributed by atoms with Crippen LogP contribution in [0.25, 0.3) is 0 Å². The average molecular weight is 207 g/mol. The molecule has 0 bridgehead atoms. The van der Waals surface area contributed by atoms with E-state index in [4.69, 9.17) is 10.0 Å². The summed E-state index contributed by atoms with van der Waals surface area (Å²) in [4.78, 5) is 2.29. The minimum absolute atomic E-state index is 0.402. The van der Waals surface area contributed by atoms with E-state index in [0.717, 1.165) is 25.3 Å². The molecule has 1 aliphatic heterocycles. The quantitative estimate of drug-likeness (QED) is 0.606. The van der Waals surface area contributed by atoms with E-state index in [9.17, 15) is 0 Å². The van der Waals surface area contributed by atoms with Gasteiger partial charge in [-0.3, -0.25) is 4.90 Å². The molecular formula is C9H14BN3O2. The molecule has 0 unspecified atom stereocenters. The number of likely N-dealkylation sites (tertiary alicyclic amines) is 1. The van der Waals surface area contributed by atoms with Gasteiger partial charge >= 0.3 is 7.12 Å². The van der Waals surface area contributed by atoms with Crippen LogP contribution in [0.15, 0.2) is 12.3 Å². The summed E-state index contributed by atoms with van der Waals surface area (Å²) < 4.78 is 0. The summed E-state index contributed by atoms with van der Waals surface area (Å²) in [6.07, 6.45) is 3.84. The molecule has 1 aliphatic rings. The van der Waals surface area contributed by atoms with Crippen LogP contribution >= 0.6 is 0 Å². The summed E-state index contributed by atoms with van der Waals surface area (Å²) in [5, 5.41) is 25.7. The molecule has 0 saturated carbocycles. The minimum atomic E-state index is -1.46. The van der Waals surface area contributed by atoms with E-state index in [-0.39, 0.29) is 0 Å². The summed E-state index contributed by atoms with van der Waals surface area (Å²) in [6.45, 7) is 2.93. The second-order valence-corrected chi connectivity index (χ2v) is 3.84. The lowest BCUT2D eigenvalue weighted by atomic mass is 9.81. The van der Waals surface area contributed by atoms with Crippen LogP contribution < -0.4 is 5.46 Å². The molecule has 2 rings (SSSR count). The first kappa shape index (κ1) is 10.5. The molecule has 1 fully saturated rings. The molecule has 0 radical (unpaired) electrons. The summed E-state index contributed by atoms with van der Waals surface area (Å²) in [5.41, 5.74) is 1.20. The highest BCUT2D eigenvalue weighted by molar-refractivity contribution is 6.58. The first-order valence-corrected chi connectivity index (χ1v) is 5.16. The molecule has 0 atom stereocenters. The Morgan fingerprint density at radius 1 is 1.33 bits per heavy atom. The van der Waals surface area contributed by atoms with E-state index in [1.165, 1.54) is 19.0 Å². The number of rotatable bonds is 3. The van der Waals surface area contributed by atoms with Crippen LogP contribution in [0.3, 0.4) is 0 Å². The predicted octanol–water partition coefficient (Wildman–Crippen LogP) is -1.25. The van der Waals surface area contributed by atoms with Crippen molar-refractivity contribution >= 4 is 12.6 Å². The van der Waals surface area contributed by atoms with Gasteiger partial charge in [-0.15, -0.1) is 0 Å². The van der Waals surface area contributed by atoms with Crippen molar-refractivity contribution in [2.24, 2.45) is 0 Å². The number of nitrogens with zero attached hydrogens (tertiary/aromatic N) is 3. The first-order chi connectivity index (χ1) is 7.25. The highest BCUT2D eigenvalue weighted by Crippen LogP contribution is 2.09. The lowest BCUT2D eigenvalue weighted by Crippen LogP contribution is -2.31. The Morgan fingerprint density at radius 3 is 2.73 bits per heavy atom. The minimum Gasteiger partial charge on any atom is -0.423 e. The van der Waals surface area contributed by atoms with Gasteiger partial charge in [-0.2, -0.15) is 10.2 Å². The molecule has 0 spiro atoms. The average Bonchev–Trinajstić information content (AvgIpc) is 2.71. The largest absolute Gasteiger partial charge is 0.490 e. The van der Waals surface area contributed by atoms with Gasteiger partial charge in [-0.1, -0.05) is 0 Å². The third-order valence-corrected chi connectivity index (χ3v) is 2.61. The molecule has 2 heterocycles. The maximum Gasteiger partial charge on any atom is 0.490 e. The zero-order chi connectivity index (χ0) is 10.7. The molecular weight excluding hydrogens is 193 g/mol. The lowest BCUT2D eigenvalue weighted by Gasteiger charge is -2.13. The molecule has 1 aromatic heterocycles. The highest BCUT2D eigenvalue weighted by Gasteiger charge is 2.15. The molecule has 0 amide bonds. The topological polar surface area (TPSA) is 69.5 Å². The van der Waals surface area contributed by atoms with Crippen LogP contribution in [0.5, 0.6) is 0 Å². The zero-order valence-corrected chi connectivity index (χ0v) is 8.50. The molecule has 6 heteroatoms. The van der Waals surface area contributed by atoms with Crippen LogP contribution in [-0.4, -0.2) is 45.4 Å². The van der Waals surface area contributed by atoms with Crippen LogP contribution in [0, 0.1) is 0 Å². The smallest absolute Gasteiger partial charge is 0.423 e. The van der Waals surface area contributed by atoms with Crippen LogP contribution in [0.1, 0.15) is 18.5 Å². The van der Waals surface area contributed by atoms with Gasteiger partial charge in [0, 0.05) is 18.2 Å². The van der Waals surface area contributed by atoms with E-state index in [2.05, 4.69) is 15.1 Å². The van der Waals surface area contributed by atoms with E-state index < -0.39 is 7.12 Å². The van der Waals surface area contributed by atoms with E-state index >= 15 is 0 Å². The molecule has 0 aliphatic carbocycles. The fraction of sp³-hybridized carbons (Fsp3) is 0.556. The summed E-state index contributed by atoms with van der Waals surface area (Å²) >= 11 is 0. The van der Waals surface area contributed by atoms with Crippen molar-refractivity contribution in [3.8, 4) is 0 Å². The molecule has 0 aromatic carbocycles. The highest BCUT2D eigenvalue weighted by atomic mass is 16.4. The summed E-state index contributed by atoms with van der Waals surface area (Å²) in [6, 6.07) is 1.69. The Morgan fingerprint density at radius 2 is 2.07 bits per heavy atom. The van der Waals surface area contributed by atoms with Crippen LogP contribution in [0.4, 0.5) is 0 Å². The van der Waals surface area contributed by atoms with E-state index in [1.807, 2.05) is 0 Å². The monoisotopic (exact) mass is 207 g/mol. The second-order valence-electron chi connectivity index (χ2n) is 3.84. The Hall–Kier alpha value is -0.975. The number of aromatic nitrogens is 2. The first-order valence-electron chi connectivity index (χ1n) is 5.16. The number of hydrogen-bond donors (Lipinski definition) is 2. The standard InChI is InChI=1S/C9H14BN3O2/c14-10(15)8-5-9(12-11-6-8)7-13-3-1-2-4-13/h5-6,14-15H,1-4,7H2. The van der Waals surface area contributed by atoms with E-state index in [1.54, 1.807) is 6.07 Å². The van der Waals surface area contributed by atoms with Gasteiger partial charge in [0.2, 0.25) is 0 Å². The normalized spacial score (nSPS) is 16.9. The number of hydrogen-bond acceptors (Lipinski definition) is 5. The molecule has 2 N–H and O–H groups in total. The van der Waals surface area contributed by atoms with Crippen molar-refractivity contribution < 1.29 is 10.0 Å². The van der Waals surface area contributed by atoms with Gasteiger partial charge in [0.25, 0.3) is 0 Å². The summed E-state index contributed by atoms with van der Waals surface area (Å²) in [5.74, 6) is 0. The predicted molar refractivity (Wildman–Crippen MR) is 56.4 cm³/mol. The molecule has 80 valence electrons. The Kier molecular flexibility index (Phi) is 3.30. The fourth-order valence-electron chi connectivity index (χ4n) is 1.82. The van der Waals surface area contributed by atoms with Gasteiger partial charge in [0.15, 0.2) is 0 Å². The maximum absolute atomic E-state index is 8.98. The Bertz CT molecular complexity index is 329. The second kappa shape index (κ2) is 4.70. The maximum atomic E-state index is 8.98. The SMILES string of the molecule is OB(O)c1cnnc(CN2CCCC2)c1. The molecule has 1 saturated heterocycles. The van der Waals surface area contributed by atoms with Crippen LogP contribution in [0.2, 0.25) is 0 Å². The van der Waals surface area contributed by atoms with Crippen molar-refractivity contribution in [1.29, 1.82) is 0 Å². The lowest BCUT2D eigenvalue weighted by molar-refractivity contribution is 0.326. The zero-order valence-electron chi connectivity index (χ0n) is 8.50. The molecule has 5 nitrogen and oxygen atoms in total. The van der Waals surface area contributed by atoms with Gasteiger partial charge in [-0.25, -0.2) is 0 Å². The van der Waals surface area contributed by atoms with Crippen molar-refractivity contribution in [1.82, 2.24) is 15.1 Å². The van der Waals surface area contributed by atoms with E-state index in [0.29, 0.717) is 5.46 Å². The summed E-state index contributed by atoms with van der Waals surface area (Å²) in [7, 11) is -1.46. The molecule has 15 heavy (non-hydrogen) atoms. The van der Waals surface area contributed by atoms with Crippen molar-refractivity contribution in [2.75, 3.05) is 13.1 Å². The Balaban J connectivity index is 2.04. The van der Waals surface area contributed by atoms with Crippen molar-refractivity contribution in [3.05, 3.63) is 18.0 Å².